The third-order valence-corrected chi connectivity index (χ3v) is 6.13. The number of thiophene rings is 1. The summed E-state index contributed by atoms with van der Waals surface area (Å²) in [5, 5.41) is 14.4. The van der Waals surface area contributed by atoms with Gasteiger partial charge in [0, 0.05) is 24.4 Å². The molecule has 1 amide bonds. The van der Waals surface area contributed by atoms with E-state index in [0.717, 1.165) is 30.4 Å². The molecule has 1 aromatic carbocycles. The molecule has 0 aliphatic heterocycles. The van der Waals surface area contributed by atoms with Crippen molar-refractivity contribution >= 4 is 29.0 Å². The minimum atomic E-state index is -0.209. The Morgan fingerprint density at radius 3 is 2.74 bits per heavy atom. The minimum Gasteiger partial charge on any atom is -0.355 e. The molecular formula is C20H24N4OS2. The van der Waals surface area contributed by atoms with Gasteiger partial charge in [-0.25, -0.2) is 0 Å². The molecule has 1 atom stereocenters. The van der Waals surface area contributed by atoms with Crippen LogP contribution in [0.3, 0.4) is 0 Å². The van der Waals surface area contributed by atoms with Gasteiger partial charge in [-0.3, -0.25) is 4.79 Å². The Bertz CT molecular complexity index is 846. The average Bonchev–Trinajstić information content (AvgIpc) is 3.32. The monoisotopic (exact) mass is 400 g/mol. The largest absolute Gasteiger partial charge is 0.355 e. The van der Waals surface area contributed by atoms with E-state index in [4.69, 9.17) is 0 Å². The van der Waals surface area contributed by atoms with E-state index in [1.807, 2.05) is 19.9 Å². The van der Waals surface area contributed by atoms with Crippen molar-refractivity contribution in [1.29, 1.82) is 0 Å². The predicted molar refractivity (Wildman–Crippen MR) is 111 cm³/mol. The molecule has 0 saturated carbocycles. The standard InChI is InChI=1S/C20H24N4OS2/c1-3-21-19(25)15(2)27-20-23-22-18(14-17-10-7-13-26-17)24(20)12-11-16-8-5-4-6-9-16/h4-10,13,15H,3,11-12,14H2,1-2H3,(H,21,25)/t15-/m0/s1. The fourth-order valence-corrected chi connectivity index (χ4v) is 4.37. The van der Waals surface area contributed by atoms with Crippen molar-refractivity contribution in [2.75, 3.05) is 6.54 Å². The molecule has 7 heteroatoms. The van der Waals surface area contributed by atoms with Crippen molar-refractivity contribution in [3.8, 4) is 0 Å². The lowest BCUT2D eigenvalue weighted by molar-refractivity contribution is -0.120. The van der Waals surface area contributed by atoms with Crippen LogP contribution in [0.4, 0.5) is 0 Å². The molecule has 0 aliphatic carbocycles. The zero-order chi connectivity index (χ0) is 19.1. The van der Waals surface area contributed by atoms with Crippen molar-refractivity contribution in [3.63, 3.8) is 0 Å². The van der Waals surface area contributed by atoms with Gasteiger partial charge in [-0.05, 0) is 37.3 Å². The van der Waals surface area contributed by atoms with Crippen LogP contribution < -0.4 is 5.32 Å². The zero-order valence-electron chi connectivity index (χ0n) is 15.6. The SMILES string of the molecule is CCNC(=O)[C@H](C)Sc1nnc(Cc2cccs2)n1CCc1ccccc1. The molecule has 27 heavy (non-hydrogen) atoms. The molecule has 2 aromatic heterocycles. The summed E-state index contributed by atoms with van der Waals surface area (Å²) in [7, 11) is 0. The van der Waals surface area contributed by atoms with E-state index in [0.29, 0.717) is 6.54 Å². The summed E-state index contributed by atoms with van der Waals surface area (Å²) in [6.45, 7) is 5.26. The molecule has 0 spiro atoms. The quantitative estimate of drug-likeness (QED) is 0.555. The molecular weight excluding hydrogens is 376 g/mol. The number of carbonyl (C=O) groups is 1. The van der Waals surface area contributed by atoms with E-state index in [1.54, 1.807) is 11.3 Å². The first-order valence-electron chi connectivity index (χ1n) is 9.10. The molecule has 0 fully saturated rings. The van der Waals surface area contributed by atoms with Gasteiger partial charge in [0.1, 0.15) is 5.82 Å². The maximum absolute atomic E-state index is 12.1. The van der Waals surface area contributed by atoms with E-state index in [9.17, 15) is 4.79 Å². The average molecular weight is 401 g/mol. The molecule has 3 aromatic rings. The van der Waals surface area contributed by atoms with Crippen LogP contribution in [-0.2, 0) is 24.2 Å². The van der Waals surface area contributed by atoms with Gasteiger partial charge in [0.05, 0.1) is 5.25 Å². The summed E-state index contributed by atoms with van der Waals surface area (Å²) in [6, 6.07) is 14.6. The first-order chi connectivity index (χ1) is 13.2. The Balaban J connectivity index is 1.79. The summed E-state index contributed by atoms with van der Waals surface area (Å²) in [5.74, 6) is 0.971. The van der Waals surface area contributed by atoms with E-state index < -0.39 is 0 Å². The smallest absolute Gasteiger partial charge is 0.233 e. The molecule has 0 bridgehead atoms. The number of amides is 1. The molecule has 0 saturated heterocycles. The van der Waals surface area contributed by atoms with E-state index in [2.05, 4.69) is 61.9 Å². The number of hydrogen-bond acceptors (Lipinski definition) is 5. The summed E-state index contributed by atoms with van der Waals surface area (Å²) >= 11 is 3.19. The van der Waals surface area contributed by atoms with Crippen LogP contribution in [0, 0.1) is 0 Å². The van der Waals surface area contributed by atoms with Gasteiger partial charge in [0.2, 0.25) is 5.91 Å². The second-order valence-electron chi connectivity index (χ2n) is 6.20. The number of nitrogens with one attached hydrogen (secondary N) is 1. The van der Waals surface area contributed by atoms with E-state index >= 15 is 0 Å². The Kier molecular flexibility index (Phi) is 7.06. The Labute approximate surface area is 168 Å². The molecule has 0 unspecified atom stereocenters. The second kappa shape index (κ2) is 9.71. The van der Waals surface area contributed by atoms with Gasteiger partial charge in [-0.15, -0.1) is 21.5 Å². The van der Waals surface area contributed by atoms with Crippen molar-refractivity contribution in [2.45, 2.75) is 43.6 Å². The normalized spacial score (nSPS) is 12.1. The van der Waals surface area contributed by atoms with Gasteiger partial charge >= 0.3 is 0 Å². The highest BCUT2D eigenvalue weighted by atomic mass is 32.2. The summed E-state index contributed by atoms with van der Waals surface area (Å²) in [6.07, 6.45) is 1.66. The summed E-state index contributed by atoms with van der Waals surface area (Å²) < 4.78 is 2.16. The summed E-state index contributed by atoms with van der Waals surface area (Å²) in [4.78, 5) is 13.4. The summed E-state index contributed by atoms with van der Waals surface area (Å²) in [5.41, 5.74) is 1.28. The first kappa shape index (κ1) is 19.6. The van der Waals surface area contributed by atoms with Crippen LogP contribution >= 0.6 is 23.1 Å². The highest BCUT2D eigenvalue weighted by Gasteiger charge is 2.20. The zero-order valence-corrected chi connectivity index (χ0v) is 17.2. The van der Waals surface area contributed by atoms with Crippen LogP contribution in [-0.4, -0.2) is 32.5 Å². The van der Waals surface area contributed by atoms with Crippen molar-refractivity contribution in [1.82, 2.24) is 20.1 Å². The number of hydrogen-bond donors (Lipinski definition) is 1. The van der Waals surface area contributed by atoms with Crippen LogP contribution in [0.1, 0.15) is 30.1 Å². The van der Waals surface area contributed by atoms with Crippen molar-refractivity contribution in [3.05, 3.63) is 64.1 Å². The van der Waals surface area contributed by atoms with Crippen LogP contribution in [0.15, 0.2) is 53.0 Å². The van der Waals surface area contributed by atoms with Crippen molar-refractivity contribution < 1.29 is 4.79 Å². The first-order valence-corrected chi connectivity index (χ1v) is 10.9. The van der Waals surface area contributed by atoms with E-state index in [-0.39, 0.29) is 11.2 Å². The maximum Gasteiger partial charge on any atom is 0.233 e. The van der Waals surface area contributed by atoms with Gasteiger partial charge in [-0.2, -0.15) is 0 Å². The number of thioether (sulfide) groups is 1. The van der Waals surface area contributed by atoms with Gasteiger partial charge in [0.25, 0.3) is 0 Å². The number of carbonyl (C=O) groups excluding carboxylic acids is 1. The molecule has 1 N–H and O–H groups in total. The number of rotatable bonds is 9. The predicted octanol–water partition coefficient (Wildman–Crippen LogP) is 3.79. The van der Waals surface area contributed by atoms with Gasteiger partial charge in [-0.1, -0.05) is 48.2 Å². The van der Waals surface area contributed by atoms with Crippen LogP contribution in [0.2, 0.25) is 0 Å². The minimum absolute atomic E-state index is 0.0277. The van der Waals surface area contributed by atoms with Crippen LogP contribution in [0.5, 0.6) is 0 Å². The number of aromatic nitrogens is 3. The number of aryl methyl sites for hydroxylation is 1. The second-order valence-corrected chi connectivity index (χ2v) is 8.54. The maximum atomic E-state index is 12.1. The Morgan fingerprint density at radius 1 is 1.22 bits per heavy atom. The lowest BCUT2D eigenvalue weighted by Crippen LogP contribution is -2.30. The van der Waals surface area contributed by atoms with Gasteiger partial charge < -0.3 is 9.88 Å². The van der Waals surface area contributed by atoms with Gasteiger partial charge in [0.15, 0.2) is 5.16 Å². The molecule has 2 heterocycles. The third kappa shape index (κ3) is 5.43. The molecule has 5 nitrogen and oxygen atoms in total. The van der Waals surface area contributed by atoms with Crippen LogP contribution in [0.25, 0.3) is 0 Å². The molecule has 3 rings (SSSR count). The molecule has 0 aliphatic rings. The lowest BCUT2D eigenvalue weighted by Gasteiger charge is -2.13. The molecule has 0 radical (unpaired) electrons. The molecule has 142 valence electrons. The highest BCUT2D eigenvalue weighted by molar-refractivity contribution is 8.00. The highest BCUT2D eigenvalue weighted by Crippen LogP contribution is 2.24. The number of benzene rings is 1. The Morgan fingerprint density at radius 2 is 2.04 bits per heavy atom. The van der Waals surface area contributed by atoms with E-state index in [1.165, 1.54) is 22.2 Å². The third-order valence-electron chi connectivity index (χ3n) is 4.18. The fourth-order valence-electron chi connectivity index (χ4n) is 2.75. The Hall–Kier alpha value is -2.12. The fraction of sp³-hybridized carbons (Fsp3) is 0.350. The lowest BCUT2D eigenvalue weighted by atomic mass is 10.1. The topological polar surface area (TPSA) is 59.8 Å². The van der Waals surface area contributed by atoms with Crippen molar-refractivity contribution in [2.24, 2.45) is 0 Å². The number of nitrogens with zero attached hydrogens (tertiary/aromatic N) is 3.